The Labute approximate surface area is 130 Å². The Kier molecular flexibility index (Phi) is 2.50. The van der Waals surface area contributed by atoms with Gasteiger partial charge in [0.2, 0.25) is 0 Å². The second kappa shape index (κ2) is 4.03. The minimum Gasteiger partial charge on any atom is -0.507 e. The second-order valence-electron chi connectivity index (χ2n) is 7.06. The summed E-state index contributed by atoms with van der Waals surface area (Å²) in [4.78, 5) is 12.2. The van der Waals surface area contributed by atoms with Crippen molar-refractivity contribution in [2.45, 2.75) is 51.6 Å². The fourth-order valence-electron chi connectivity index (χ4n) is 4.23. The van der Waals surface area contributed by atoms with Gasteiger partial charge in [0.1, 0.15) is 17.6 Å². The van der Waals surface area contributed by atoms with E-state index in [-0.39, 0.29) is 23.2 Å². The third-order valence-electron chi connectivity index (χ3n) is 5.55. The Hall–Kier alpha value is -2.03. The lowest BCUT2D eigenvalue weighted by molar-refractivity contribution is -0.118. The largest absolute Gasteiger partial charge is 0.507 e. The van der Waals surface area contributed by atoms with Gasteiger partial charge in [-0.1, -0.05) is 26.0 Å². The molecule has 3 aliphatic rings. The molecule has 0 radical (unpaired) electrons. The molecule has 3 heteroatoms. The number of benzene rings is 1. The van der Waals surface area contributed by atoms with Crippen molar-refractivity contribution in [3.63, 3.8) is 0 Å². The van der Waals surface area contributed by atoms with Gasteiger partial charge in [-0.25, -0.2) is 0 Å². The molecule has 1 aromatic rings. The van der Waals surface area contributed by atoms with Crippen LogP contribution in [0.2, 0.25) is 0 Å². The molecule has 1 N–H and O–H groups in total. The van der Waals surface area contributed by atoms with Crippen LogP contribution in [-0.2, 0) is 10.2 Å². The Balaban J connectivity index is 2.07. The molecule has 2 aliphatic carbocycles. The van der Waals surface area contributed by atoms with Crippen molar-refractivity contribution in [1.29, 1.82) is 0 Å². The van der Waals surface area contributed by atoms with Crippen LogP contribution in [0.25, 0.3) is 6.08 Å². The highest BCUT2D eigenvalue weighted by atomic mass is 16.5. The Morgan fingerprint density at radius 2 is 2.09 bits per heavy atom. The van der Waals surface area contributed by atoms with E-state index in [1.165, 1.54) is 0 Å². The second-order valence-corrected chi connectivity index (χ2v) is 7.06. The van der Waals surface area contributed by atoms with Crippen molar-refractivity contribution in [2.75, 3.05) is 0 Å². The molecule has 0 saturated heterocycles. The predicted octanol–water partition coefficient (Wildman–Crippen LogP) is 3.85. The number of hydrogen-bond acceptors (Lipinski definition) is 3. The molecule has 0 spiro atoms. The van der Waals surface area contributed by atoms with Gasteiger partial charge in [0.05, 0.1) is 5.41 Å². The topological polar surface area (TPSA) is 46.5 Å². The van der Waals surface area contributed by atoms with Crippen molar-refractivity contribution in [1.82, 2.24) is 0 Å². The van der Waals surface area contributed by atoms with Crippen molar-refractivity contribution >= 4 is 11.9 Å². The van der Waals surface area contributed by atoms with Gasteiger partial charge in [0.25, 0.3) is 0 Å². The van der Waals surface area contributed by atoms with Gasteiger partial charge < -0.3 is 9.84 Å². The monoisotopic (exact) mass is 296 g/mol. The molecule has 0 fully saturated rings. The quantitative estimate of drug-likeness (QED) is 0.856. The van der Waals surface area contributed by atoms with Gasteiger partial charge in [-0.2, -0.15) is 0 Å². The number of phenolic OH excluding ortho intramolecular Hbond substituents is 1. The lowest BCUT2D eigenvalue weighted by Crippen LogP contribution is -2.44. The Morgan fingerprint density at radius 1 is 1.36 bits per heavy atom. The first-order valence-corrected chi connectivity index (χ1v) is 7.85. The van der Waals surface area contributed by atoms with E-state index in [0.717, 1.165) is 33.6 Å². The number of carbonyl (C=O) groups is 1. The van der Waals surface area contributed by atoms with Crippen LogP contribution in [0, 0.1) is 0 Å². The van der Waals surface area contributed by atoms with E-state index in [4.69, 9.17) is 4.74 Å². The summed E-state index contributed by atoms with van der Waals surface area (Å²) < 4.78 is 6.16. The first-order chi connectivity index (χ1) is 10.4. The molecule has 3 nitrogen and oxygen atoms in total. The molecule has 1 heterocycles. The molecule has 0 aromatic heterocycles. The smallest absolute Gasteiger partial charge is 0.162 e. The molecule has 0 amide bonds. The standard InChI is InChI=1S/C19H20O3/c1-9(2)12-7-15-17-11(18(12)21)5-6-13-10(3)14(20)8-16(22-15)19(13,17)4/h5-7,9,16,21H,8H2,1-4H3/t16-,19-/m1/s1. The third-order valence-corrected chi connectivity index (χ3v) is 5.55. The van der Waals surface area contributed by atoms with Crippen molar-refractivity contribution < 1.29 is 14.6 Å². The maximum atomic E-state index is 12.2. The van der Waals surface area contributed by atoms with Crippen LogP contribution in [0.1, 0.15) is 56.7 Å². The van der Waals surface area contributed by atoms with E-state index in [1.54, 1.807) is 0 Å². The predicted molar refractivity (Wildman–Crippen MR) is 85.3 cm³/mol. The molecular formula is C19H20O3. The highest BCUT2D eigenvalue weighted by molar-refractivity contribution is 6.00. The molecule has 1 aliphatic heterocycles. The van der Waals surface area contributed by atoms with E-state index < -0.39 is 0 Å². The zero-order valence-electron chi connectivity index (χ0n) is 13.4. The van der Waals surface area contributed by atoms with Gasteiger partial charge in [-0.05, 0) is 37.0 Å². The summed E-state index contributed by atoms with van der Waals surface area (Å²) in [5.41, 5.74) is 4.34. The molecule has 0 saturated carbocycles. The maximum absolute atomic E-state index is 12.2. The molecule has 2 atom stereocenters. The van der Waals surface area contributed by atoms with Gasteiger partial charge in [-0.3, -0.25) is 4.79 Å². The molecule has 0 bridgehead atoms. The number of aromatic hydroxyl groups is 1. The molecule has 1 aromatic carbocycles. The summed E-state index contributed by atoms with van der Waals surface area (Å²) in [5.74, 6) is 1.55. The van der Waals surface area contributed by atoms with E-state index in [0.29, 0.717) is 12.2 Å². The summed E-state index contributed by atoms with van der Waals surface area (Å²) in [6.45, 7) is 8.15. The van der Waals surface area contributed by atoms with Crippen LogP contribution >= 0.6 is 0 Å². The number of ether oxygens (including phenoxy) is 1. The summed E-state index contributed by atoms with van der Waals surface area (Å²) in [7, 11) is 0. The van der Waals surface area contributed by atoms with Gasteiger partial charge >= 0.3 is 0 Å². The maximum Gasteiger partial charge on any atom is 0.162 e. The molecule has 22 heavy (non-hydrogen) atoms. The zero-order chi connectivity index (χ0) is 15.8. The molecule has 114 valence electrons. The zero-order valence-corrected chi connectivity index (χ0v) is 13.4. The first kappa shape index (κ1) is 13.6. The van der Waals surface area contributed by atoms with E-state index in [1.807, 2.05) is 25.1 Å². The highest BCUT2D eigenvalue weighted by Gasteiger charge is 2.54. The van der Waals surface area contributed by atoms with Crippen LogP contribution in [-0.4, -0.2) is 17.0 Å². The van der Waals surface area contributed by atoms with Crippen LogP contribution in [0.3, 0.4) is 0 Å². The average molecular weight is 296 g/mol. The van der Waals surface area contributed by atoms with Crippen LogP contribution in [0.15, 0.2) is 23.3 Å². The normalized spacial score (nSPS) is 28.2. The number of hydrogen-bond donors (Lipinski definition) is 1. The van der Waals surface area contributed by atoms with Crippen LogP contribution in [0.5, 0.6) is 11.5 Å². The van der Waals surface area contributed by atoms with E-state index >= 15 is 0 Å². The van der Waals surface area contributed by atoms with Crippen LogP contribution < -0.4 is 4.74 Å². The Morgan fingerprint density at radius 3 is 2.77 bits per heavy atom. The van der Waals surface area contributed by atoms with Gasteiger partial charge in [-0.15, -0.1) is 0 Å². The summed E-state index contributed by atoms with van der Waals surface area (Å²) >= 11 is 0. The summed E-state index contributed by atoms with van der Waals surface area (Å²) in [5, 5.41) is 10.7. The lowest BCUT2D eigenvalue weighted by Gasteiger charge is -2.39. The minimum atomic E-state index is -0.329. The lowest BCUT2D eigenvalue weighted by atomic mass is 9.62. The number of Topliss-reactive ketones (excluding diaryl/α,β-unsaturated/α-hetero) is 1. The fourth-order valence-corrected chi connectivity index (χ4v) is 4.23. The number of rotatable bonds is 1. The Bertz CT molecular complexity index is 782. The number of phenols is 1. The average Bonchev–Trinajstić information content (AvgIpc) is 2.74. The molecular weight excluding hydrogens is 276 g/mol. The highest BCUT2D eigenvalue weighted by Crippen LogP contribution is 2.58. The van der Waals surface area contributed by atoms with Crippen molar-refractivity contribution in [2.24, 2.45) is 0 Å². The van der Waals surface area contributed by atoms with E-state index in [2.05, 4.69) is 20.8 Å². The molecule has 0 unspecified atom stereocenters. The third kappa shape index (κ3) is 1.39. The number of carbonyl (C=O) groups excluding carboxylic acids is 1. The van der Waals surface area contributed by atoms with Crippen molar-refractivity contribution in [3.05, 3.63) is 40.0 Å². The minimum absolute atomic E-state index is 0.159. The van der Waals surface area contributed by atoms with Gasteiger partial charge in [0.15, 0.2) is 5.78 Å². The molecule has 4 rings (SSSR count). The van der Waals surface area contributed by atoms with Crippen LogP contribution in [0.4, 0.5) is 0 Å². The summed E-state index contributed by atoms with van der Waals surface area (Å²) in [6, 6.07) is 1.96. The number of allylic oxidation sites excluding steroid dienone is 2. The fraction of sp³-hybridized carbons (Fsp3) is 0.421. The number of ketones is 1. The van der Waals surface area contributed by atoms with Gasteiger partial charge in [0, 0.05) is 23.1 Å². The first-order valence-electron chi connectivity index (χ1n) is 7.85. The van der Waals surface area contributed by atoms with E-state index in [9.17, 15) is 9.90 Å². The summed E-state index contributed by atoms with van der Waals surface area (Å²) in [6.07, 6.45) is 4.17. The SMILES string of the molecule is CC1=C2C=Cc3c(O)c(C(C)C)cc4c3[C@@]2(C)[C@@H](CC1=O)O4. The van der Waals surface area contributed by atoms with Crippen molar-refractivity contribution in [3.8, 4) is 11.5 Å².